The van der Waals surface area contributed by atoms with E-state index in [9.17, 15) is 31.2 Å². The van der Waals surface area contributed by atoms with Crippen LogP contribution in [-0.4, -0.2) is 182 Å². The molecule has 9 aliphatic rings. The summed E-state index contributed by atoms with van der Waals surface area (Å²) in [5.74, 6) is -2.01. The fourth-order valence-corrected chi connectivity index (χ4v) is 19.6. The van der Waals surface area contributed by atoms with E-state index >= 15 is 17.4 Å². The van der Waals surface area contributed by atoms with Crippen molar-refractivity contribution in [2.75, 3.05) is 119 Å². The third-order valence-electron chi connectivity index (χ3n) is 18.5. The van der Waals surface area contributed by atoms with Crippen molar-refractivity contribution in [3.63, 3.8) is 0 Å². The lowest BCUT2D eigenvalue weighted by molar-refractivity contribution is -0.138. The second-order valence-corrected chi connectivity index (χ2v) is 30.0. The normalized spacial score (nSPS) is 24.9. The molecule has 4 aromatic heterocycles. The van der Waals surface area contributed by atoms with Crippen molar-refractivity contribution in [3.05, 3.63) is 98.6 Å². The first-order valence-electron chi connectivity index (χ1n) is 29.9. The van der Waals surface area contributed by atoms with Crippen molar-refractivity contribution in [2.24, 2.45) is 5.92 Å². The largest absolute Gasteiger partial charge is 0.494 e. The molecule has 5 fully saturated rings. The highest BCUT2D eigenvalue weighted by molar-refractivity contribution is 7.91. The number of benzene rings is 2. The molecule has 2 bridgehead atoms. The summed E-state index contributed by atoms with van der Waals surface area (Å²) in [4.78, 5) is 52.8. The average Bonchev–Trinajstić information content (AvgIpc) is 1.61. The molecular weight excluding hydrogens is 1270 g/mol. The minimum absolute atomic E-state index is 0.0112. The second kappa shape index (κ2) is 22.9. The average molecular weight is 1340 g/mol. The fraction of sp³-hybridized carbons (Fsp3) is 0.467. The highest BCUT2D eigenvalue weighted by Crippen LogP contribution is 2.57. The predicted octanol–water partition coefficient (Wildman–Crippen LogP) is 8.00. The van der Waals surface area contributed by atoms with Gasteiger partial charge >= 0.3 is 12.4 Å². The van der Waals surface area contributed by atoms with Gasteiger partial charge in [0, 0.05) is 93.1 Å². The number of hydrogen-bond donors (Lipinski definition) is 4. The number of halogens is 6. The van der Waals surface area contributed by atoms with Gasteiger partial charge in [-0.2, -0.15) is 26.3 Å². The number of fused-ring (bicyclic) bond motifs is 3. The molecule has 2 aromatic carbocycles. The van der Waals surface area contributed by atoms with E-state index in [1.54, 1.807) is 25.2 Å². The van der Waals surface area contributed by atoms with E-state index in [0.717, 1.165) is 59.4 Å². The number of methoxy groups -OCH3 is 2. The van der Waals surface area contributed by atoms with E-state index in [4.69, 9.17) is 18.9 Å². The minimum Gasteiger partial charge on any atom is -0.494 e. The summed E-state index contributed by atoms with van der Waals surface area (Å²) in [6, 6.07) is 11.1. The Labute approximate surface area is 528 Å². The van der Waals surface area contributed by atoms with Crippen molar-refractivity contribution in [2.45, 2.75) is 82.7 Å². The lowest BCUT2D eigenvalue weighted by atomic mass is 10.0. The van der Waals surface area contributed by atoms with Gasteiger partial charge in [-0.15, -0.1) is 22.7 Å². The van der Waals surface area contributed by atoms with E-state index in [1.165, 1.54) is 11.0 Å². The third-order valence-corrected chi connectivity index (χ3v) is 24.5. The second-order valence-electron chi connectivity index (χ2n) is 24.2. The number of nitrogens with zero attached hydrogens (tertiary/aromatic N) is 8. The maximum absolute atomic E-state index is 15.6. The van der Waals surface area contributed by atoms with Crippen molar-refractivity contribution in [1.82, 2.24) is 40.4 Å². The van der Waals surface area contributed by atoms with Crippen LogP contribution in [0, 0.1) is 5.92 Å². The Balaban J connectivity index is 0.770. The number of sulfone groups is 1. The van der Waals surface area contributed by atoms with Crippen LogP contribution in [0.4, 0.5) is 61.0 Å². The fourth-order valence-electron chi connectivity index (χ4n) is 13.4. The Morgan fingerprint density at radius 1 is 0.802 bits per heavy atom. The van der Waals surface area contributed by atoms with E-state index in [-0.39, 0.29) is 105 Å². The number of rotatable bonds is 16. The number of piperazine rings is 2. The summed E-state index contributed by atoms with van der Waals surface area (Å²) in [7, 11) is -2.93. The third kappa shape index (κ3) is 11.0. The van der Waals surface area contributed by atoms with Gasteiger partial charge < -0.3 is 59.8 Å². The summed E-state index contributed by atoms with van der Waals surface area (Å²) in [6.45, 7) is 4.34. The number of thiophene rings is 2. The number of alkyl halides is 6. The number of amides is 2. The topological polar surface area (TPSA) is 235 Å². The van der Waals surface area contributed by atoms with Crippen LogP contribution in [0.2, 0.25) is 0 Å². The quantitative estimate of drug-likeness (QED) is 0.0672. The molecule has 2 aliphatic carbocycles. The zero-order chi connectivity index (χ0) is 63.0. The van der Waals surface area contributed by atoms with Gasteiger partial charge in [0.1, 0.15) is 26.6 Å². The Morgan fingerprint density at radius 2 is 1.46 bits per heavy atom. The van der Waals surface area contributed by atoms with Crippen molar-refractivity contribution in [1.29, 1.82) is 0 Å². The molecule has 21 nitrogen and oxygen atoms in total. The summed E-state index contributed by atoms with van der Waals surface area (Å²) in [5.41, 5.74) is 1.77. The molecule has 6 atom stereocenters. The molecule has 480 valence electrons. The molecule has 15 rings (SSSR count). The van der Waals surface area contributed by atoms with Crippen molar-refractivity contribution < 1.29 is 67.5 Å². The van der Waals surface area contributed by atoms with E-state index in [1.807, 2.05) is 24.3 Å². The first-order valence-corrected chi connectivity index (χ1v) is 34.4. The SMILES string of the molecule is COC[C@@H]1CN(c2ccc(Nc3ncc(C(F)(F)F)c(-c4cc5c(s4)C(=O)N(C4COC4)CCS5(=O)=O)n3)c(C3CC3C3CN(C4COC4)C(=O)c4sc(-c5nc(Nc6ccc(N7CC8=C[C@@H]7CN8)c(OC)c6C6CC6)ncc5C(F)(F)F)cc4S3=O)c2)CCN1. The molecule has 2 amide bonds. The summed E-state index contributed by atoms with van der Waals surface area (Å²) in [6.07, 6.45) is -4.25. The summed E-state index contributed by atoms with van der Waals surface area (Å²) < 4.78 is 156. The number of carbonyl (C=O) groups excluding carboxylic acids is 2. The Kier molecular flexibility index (Phi) is 15.2. The predicted molar refractivity (Wildman–Crippen MR) is 326 cm³/mol. The minimum atomic E-state index is -5.01. The molecule has 0 spiro atoms. The number of carbonyl (C=O) groups is 2. The molecule has 6 aromatic rings. The highest BCUT2D eigenvalue weighted by atomic mass is 32.2. The highest BCUT2D eigenvalue weighted by Gasteiger charge is 2.53. The van der Waals surface area contributed by atoms with Crippen LogP contribution in [0.5, 0.6) is 5.75 Å². The molecule has 11 heterocycles. The monoisotopic (exact) mass is 1330 g/mol. The molecule has 7 aliphatic heterocycles. The Bertz CT molecular complexity index is 4120. The summed E-state index contributed by atoms with van der Waals surface area (Å²) >= 11 is 1.39. The standard InChI is InChI=1S/C60H60F6N12O9S4/c1-84-24-31-21-75(10-9-67-31)32-5-6-41(71-57-69-20-40(60(64,65)66)51(74-57)45-17-48-54(89-45)56(80)76(34-25-86-26-34)11-12-91(48,82)83)37(14-32)36-15-38(36)47-23-78(35-27-87-28-35)55(79)53-46(90(47)81)16-44(88-53)50-39(59(61,62)63)19-70-58(73-50)72-42-7-8-43(52(85-2)49(42)29-3-4-29)77-22-30-13-33(77)18-68-30/h5-8,13-14,16-17,19-20,29,31,33-36,38,47,67-68H,3-4,9-12,15,18,21-28H2,1-2H3,(H,69,71,74)(H,70,72,73)/t31-,33+,36?,38?,47?,90?/m0/s1. The number of aromatic nitrogens is 4. The van der Waals surface area contributed by atoms with Gasteiger partial charge in [0.25, 0.3) is 11.8 Å². The molecule has 3 saturated heterocycles. The van der Waals surface area contributed by atoms with Crippen LogP contribution in [0.1, 0.15) is 72.7 Å². The van der Waals surface area contributed by atoms with E-state index in [2.05, 4.69) is 57.1 Å². The van der Waals surface area contributed by atoms with Gasteiger partial charge in [-0.05, 0) is 91.1 Å². The van der Waals surface area contributed by atoms with Crippen LogP contribution in [0.25, 0.3) is 21.1 Å². The molecule has 4 N–H and O–H groups in total. The van der Waals surface area contributed by atoms with Crippen LogP contribution < -0.4 is 35.8 Å². The van der Waals surface area contributed by atoms with Crippen LogP contribution in [0.3, 0.4) is 0 Å². The number of nitrogens with one attached hydrogen (secondary N) is 4. The first-order chi connectivity index (χ1) is 43.7. The van der Waals surface area contributed by atoms with Gasteiger partial charge in [-0.25, -0.2) is 28.4 Å². The molecule has 4 unspecified atom stereocenters. The smallest absolute Gasteiger partial charge is 0.420 e. The lowest BCUT2D eigenvalue weighted by Gasteiger charge is -2.37. The summed E-state index contributed by atoms with van der Waals surface area (Å²) in [5, 5.41) is 12.5. The van der Waals surface area contributed by atoms with Crippen LogP contribution in [0.15, 0.2) is 76.4 Å². The lowest BCUT2D eigenvalue weighted by Crippen LogP contribution is -2.53. The van der Waals surface area contributed by atoms with Crippen LogP contribution >= 0.6 is 22.7 Å². The molecule has 0 radical (unpaired) electrons. The van der Waals surface area contributed by atoms with E-state index < -0.39 is 96.2 Å². The van der Waals surface area contributed by atoms with Crippen molar-refractivity contribution in [3.8, 4) is 26.9 Å². The van der Waals surface area contributed by atoms with Gasteiger partial charge in [0.05, 0.1) is 123 Å². The van der Waals surface area contributed by atoms with Gasteiger partial charge in [-0.1, -0.05) is 0 Å². The number of ether oxygens (including phenoxy) is 4. The first kappa shape index (κ1) is 60.3. The van der Waals surface area contributed by atoms with E-state index in [0.29, 0.717) is 85.6 Å². The molecule has 2 saturated carbocycles. The zero-order valence-corrected chi connectivity index (χ0v) is 52.1. The van der Waals surface area contributed by atoms with Gasteiger partial charge in [0.15, 0.2) is 9.84 Å². The number of anilines is 6. The van der Waals surface area contributed by atoms with Crippen molar-refractivity contribution >= 4 is 89.8 Å². The number of hydrogen-bond acceptors (Lipinski definition) is 21. The molecular formula is C60H60F6N12O9S4. The maximum Gasteiger partial charge on any atom is 0.420 e. The van der Waals surface area contributed by atoms with Gasteiger partial charge in [-0.3, -0.25) is 13.8 Å². The van der Waals surface area contributed by atoms with Gasteiger partial charge in [0.2, 0.25) is 11.9 Å². The maximum atomic E-state index is 15.6. The van der Waals surface area contributed by atoms with Crippen LogP contribution in [-0.2, 0) is 47.2 Å². The Hall–Kier alpha value is -7.00. The molecule has 91 heavy (non-hydrogen) atoms. The Morgan fingerprint density at radius 3 is 2.09 bits per heavy atom. The zero-order valence-electron chi connectivity index (χ0n) is 48.9. The molecule has 31 heteroatoms.